The standard InChI is InChI=1S/C21H23N3O3/c1-24(2)18-9-7-16(8-10-18)23-20(25)5-3-4-17-13-15-12-14(21(26)27)6-11-19(15)22-17/h6-13,22H,3-5H2,1-2H3,(H,23,25)(H,26,27). The van der Waals surface area contributed by atoms with E-state index in [9.17, 15) is 9.59 Å². The number of anilines is 2. The van der Waals surface area contributed by atoms with Gasteiger partial charge >= 0.3 is 5.97 Å². The minimum absolute atomic E-state index is 0.0168. The van der Waals surface area contributed by atoms with E-state index in [1.165, 1.54) is 0 Å². The van der Waals surface area contributed by atoms with Gasteiger partial charge in [-0.3, -0.25) is 4.79 Å². The van der Waals surface area contributed by atoms with Gasteiger partial charge in [-0.15, -0.1) is 0 Å². The molecule has 0 aliphatic carbocycles. The molecule has 0 saturated heterocycles. The fraction of sp³-hybridized carbons (Fsp3) is 0.238. The molecule has 0 radical (unpaired) electrons. The van der Waals surface area contributed by atoms with Crippen molar-refractivity contribution < 1.29 is 14.7 Å². The Kier molecular flexibility index (Phi) is 5.45. The summed E-state index contributed by atoms with van der Waals surface area (Å²) < 4.78 is 0. The predicted octanol–water partition coefficient (Wildman–Crippen LogP) is 3.89. The highest BCUT2D eigenvalue weighted by Gasteiger charge is 2.08. The molecule has 1 heterocycles. The number of fused-ring (bicyclic) bond motifs is 1. The fourth-order valence-corrected chi connectivity index (χ4v) is 2.97. The first-order valence-electron chi connectivity index (χ1n) is 8.84. The minimum atomic E-state index is -0.935. The lowest BCUT2D eigenvalue weighted by Gasteiger charge is -2.13. The molecule has 6 heteroatoms. The van der Waals surface area contributed by atoms with E-state index in [-0.39, 0.29) is 11.5 Å². The van der Waals surface area contributed by atoms with Gasteiger partial charge < -0.3 is 20.3 Å². The summed E-state index contributed by atoms with van der Waals surface area (Å²) in [5.41, 5.74) is 4.04. The molecular formula is C21H23N3O3. The first-order chi connectivity index (χ1) is 12.9. The number of hydrogen-bond acceptors (Lipinski definition) is 3. The van der Waals surface area contributed by atoms with Gasteiger partial charge in [-0.05, 0) is 61.4 Å². The van der Waals surface area contributed by atoms with Crippen molar-refractivity contribution >= 4 is 34.2 Å². The highest BCUT2D eigenvalue weighted by molar-refractivity contribution is 5.93. The molecule has 3 rings (SSSR count). The smallest absolute Gasteiger partial charge is 0.335 e. The zero-order valence-electron chi connectivity index (χ0n) is 15.5. The second-order valence-electron chi connectivity index (χ2n) is 6.74. The number of aromatic carboxylic acids is 1. The van der Waals surface area contributed by atoms with E-state index in [1.54, 1.807) is 18.2 Å². The average Bonchev–Trinajstić information content (AvgIpc) is 3.03. The number of aromatic nitrogens is 1. The molecule has 6 nitrogen and oxygen atoms in total. The molecule has 0 spiro atoms. The van der Waals surface area contributed by atoms with Crippen molar-refractivity contribution in [3.05, 3.63) is 59.8 Å². The summed E-state index contributed by atoms with van der Waals surface area (Å²) in [4.78, 5) is 28.4. The van der Waals surface area contributed by atoms with Gasteiger partial charge in [-0.1, -0.05) is 0 Å². The van der Waals surface area contributed by atoms with Gasteiger partial charge in [0.25, 0.3) is 0 Å². The zero-order valence-corrected chi connectivity index (χ0v) is 15.5. The van der Waals surface area contributed by atoms with E-state index in [0.717, 1.165) is 34.4 Å². The summed E-state index contributed by atoms with van der Waals surface area (Å²) in [6.07, 6.45) is 1.86. The van der Waals surface area contributed by atoms with E-state index in [4.69, 9.17) is 5.11 Å². The lowest BCUT2D eigenvalue weighted by molar-refractivity contribution is -0.116. The van der Waals surface area contributed by atoms with E-state index in [1.807, 2.05) is 49.3 Å². The van der Waals surface area contributed by atoms with Crippen molar-refractivity contribution in [2.75, 3.05) is 24.3 Å². The zero-order chi connectivity index (χ0) is 19.4. The Hall–Kier alpha value is -3.28. The van der Waals surface area contributed by atoms with Crippen LogP contribution < -0.4 is 10.2 Å². The SMILES string of the molecule is CN(C)c1ccc(NC(=O)CCCc2cc3cc(C(=O)O)ccc3[nH]2)cc1. The predicted molar refractivity (Wildman–Crippen MR) is 108 cm³/mol. The summed E-state index contributed by atoms with van der Waals surface area (Å²) in [6, 6.07) is 14.7. The van der Waals surface area contributed by atoms with Crippen molar-refractivity contribution in [2.45, 2.75) is 19.3 Å². The number of aryl methyl sites for hydroxylation is 1. The Bertz CT molecular complexity index is 958. The maximum Gasteiger partial charge on any atom is 0.335 e. The summed E-state index contributed by atoms with van der Waals surface area (Å²) >= 11 is 0. The van der Waals surface area contributed by atoms with Gasteiger partial charge in [0.05, 0.1) is 5.56 Å². The first-order valence-corrected chi connectivity index (χ1v) is 8.84. The number of carboxylic acid groups (broad SMARTS) is 1. The number of hydrogen-bond donors (Lipinski definition) is 3. The van der Waals surface area contributed by atoms with Gasteiger partial charge in [0, 0.05) is 48.5 Å². The quantitative estimate of drug-likeness (QED) is 0.593. The molecule has 3 aromatic rings. The molecule has 1 aromatic heterocycles. The normalized spacial score (nSPS) is 10.7. The Morgan fingerprint density at radius 3 is 2.48 bits per heavy atom. The number of carbonyl (C=O) groups is 2. The Morgan fingerprint density at radius 1 is 1.07 bits per heavy atom. The molecule has 0 aliphatic rings. The van der Waals surface area contributed by atoms with E-state index in [2.05, 4.69) is 10.3 Å². The molecular weight excluding hydrogens is 342 g/mol. The summed E-state index contributed by atoms with van der Waals surface area (Å²) in [5, 5.41) is 12.8. The highest BCUT2D eigenvalue weighted by atomic mass is 16.4. The van der Waals surface area contributed by atoms with Crippen LogP contribution in [-0.4, -0.2) is 36.1 Å². The molecule has 0 bridgehead atoms. The van der Waals surface area contributed by atoms with Crippen LogP contribution in [-0.2, 0) is 11.2 Å². The number of carbonyl (C=O) groups excluding carboxylic acids is 1. The lowest BCUT2D eigenvalue weighted by Crippen LogP contribution is -2.12. The Labute approximate surface area is 157 Å². The number of carboxylic acids is 1. The van der Waals surface area contributed by atoms with Gasteiger partial charge in [0.2, 0.25) is 5.91 Å². The molecule has 2 aromatic carbocycles. The molecule has 3 N–H and O–H groups in total. The second-order valence-corrected chi connectivity index (χ2v) is 6.74. The number of benzene rings is 2. The average molecular weight is 365 g/mol. The van der Waals surface area contributed by atoms with E-state index in [0.29, 0.717) is 12.8 Å². The number of H-pyrrole nitrogens is 1. The van der Waals surface area contributed by atoms with Gasteiger partial charge in [0.1, 0.15) is 0 Å². The maximum atomic E-state index is 12.1. The van der Waals surface area contributed by atoms with Crippen LogP contribution in [0.15, 0.2) is 48.5 Å². The lowest BCUT2D eigenvalue weighted by atomic mass is 10.1. The van der Waals surface area contributed by atoms with Crippen molar-refractivity contribution in [1.29, 1.82) is 0 Å². The maximum absolute atomic E-state index is 12.1. The van der Waals surface area contributed by atoms with Gasteiger partial charge in [-0.2, -0.15) is 0 Å². The van der Waals surface area contributed by atoms with Crippen LogP contribution in [0, 0.1) is 0 Å². The van der Waals surface area contributed by atoms with Crippen LogP contribution in [0.2, 0.25) is 0 Å². The molecule has 1 amide bonds. The van der Waals surface area contributed by atoms with Crippen molar-refractivity contribution in [1.82, 2.24) is 4.98 Å². The number of aromatic amines is 1. The molecule has 0 unspecified atom stereocenters. The summed E-state index contributed by atoms with van der Waals surface area (Å²) in [5.74, 6) is -0.952. The van der Waals surface area contributed by atoms with Gasteiger partial charge in [-0.25, -0.2) is 4.79 Å². The minimum Gasteiger partial charge on any atom is -0.478 e. The van der Waals surface area contributed by atoms with E-state index >= 15 is 0 Å². The van der Waals surface area contributed by atoms with E-state index < -0.39 is 5.97 Å². The van der Waals surface area contributed by atoms with Gasteiger partial charge in [0.15, 0.2) is 0 Å². The van der Waals surface area contributed by atoms with Crippen molar-refractivity contribution in [2.24, 2.45) is 0 Å². The number of amides is 1. The van der Waals surface area contributed by atoms with Crippen molar-refractivity contribution in [3.8, 4) is 0 Å². The molecule has 0 atom stereocenters. The fourth-order valence-electron chi connectivity index (χ4n) is 2.97. The van der Waals surface area contributed by atoms with Crippen LogP contribution in [0.4, 0.5) is 11.4 Å². The Balaban J connectivity index is 1.52. The molecule has 140 valence electrons. The largest absolute Gasteiger partial charge is 0.478 e. The third-order valence-corrected chi connectivity index (χ3v) is 4.44. The Morgan fingerprint density at radius 2 is 1.81 bits per heavy atom. The van der Waals surface area contributed by atoms with Crippen molar-refractivity contribution in [3.63, 3.8) is 0 Å². The molecule has 0 saturated carbocycles. The van der Waals surface area contributed by atoms with Crippen LogP contribution >= 0.6 is 0 Å². The first kappa shape index (κ1) is 18.5. The third kappa shape index (κ3) is 4.67. The summed E-state index contributed by atoms with van der Waals surface area (Å²) in [7, 11) is 3.94. The third-order valence-electron chi connectivity index (χ3n) is 4.44. The summed E-state index contributed by atoms with van der Waals surface area (Å²) in [6.45, 7) is 0. The number of nitrogens with one attached hydrogen (secondary N) is 2. The highest BCUT2D eigenvalue weighted by Crippen LogP contribution is 2.19. The number of rotatable bonds is 7. The topological polar surface area (TPSA) is 85.4 Å². The number of nitrogens with zero attached hydrogens (tertiary/aromatic N) is 1. The molecule has 0 aliphatic heterocycles. The van der Waals surface area contributed by atoms with Crippen LogP contribution in [0.1, 0.15) is 28.9 Å². The monoisotopic (exact) mass is 365 g/mol. The molecule has 0 fully saturated rings. The van der Waals surface area contributed by atoms with Crippen LogP contribution in [0.25, 0.3) is 10.9 Å². The van der Waals surface area contributed by atoms with Crippen LogP contribution in [0.3, 0.4) is 0 Å². The molecule has 27 heavy (non-hydrogen) atoms. The van der Waals surface area contributed by atoms with Crippen LogP contribution in [0.5, 0.6) is 0 Å². The second kappa shape index (κ2) is 7.95.